The topological polar surface area (TPSA) is 54.0 Å². The van der Waals surface area contributed by atoms with E-state index in [9.17, 15) is 9.18 Å². The monoisotopic (exact) mass is 480 g/mol. The Bertz CT molecular complexity index is 1100. The zero-order valence-corrected chi connectivity index (χ0v) is 21.2. The van der Waals surface area contributed by atoms with Crippen molar-refractivity contribution in [2.75, 3.05) is 6.61 Å². The summed E-state index contributed by atoms with van der Waals surface area (Å²) in [5, 5.41) is 0. The molecular formula is C28H34BFO5. The van der Waals surface area contributed by atoms with Crippen molar-refractivity contribution in [2.24, 2.45) is 11.8 Å². The van der Waals surface area contributed by atoms with Crippen LogP contribution in [0.3, 0.4) is 0 Å². The minimum Gasteiger partial charge on any atom is -0.486 e. The van der Waals surface area contributed by atoms with Crippen LogP contribution >= 0.6 is 0 Å². The molecule has 3 atom stereocenters. The molecule has 7 heteroatoms. The molecule has 1 saturated heterocycles. The third-order valence-electron chi connectivity index (χ3n) is 8.04. The number of carbonyl (C=O) groups is 1. The van der Waals surface area contributed by atoms with E-state index in [1.54, 1.807) is 6.07 Å². The van der Waals surface area contributed by atoms with Gasteiger partial charge in [0.05, 0.1) is 23.7 Å². The van der Waals surface area contributed by atoms with Gasteiger partial charge < -0.3 is 18.8 Å². The summed E-state index contributed by atoms with van der Waals surface area (Å²) in [7, 11) is -0.520. The second-order valence-corrected chi connectivity index (χ2v) is 11.0. The molecule has 5 rings (SSSR count). The first-order valence-corrected chi connectivity index (χ1v) is 12.7. The molecule has 2 aromatic carbocycles. The number of halogens is 1. The van der Waals surface area contributed by atoms with E-state index in [0.29, 0.717) is 36.7 Å². The van der Waals surface area contributed by atoms with E-state index in [2.05, 4.69) is 0 Å². The van der Waals surface area contributed by atoms with E-state index < -0.39 is 18.3 Å². The fraction of sp³-hybridized carbons (Fsp3) is 0.536. The maximum Gasteiger partial charge on any atom is 0.495 e. The van der Waals surface area contributed by atoms with Gasteiger partial charge in [-0.25, -0.2) is 4.39 Å². The van der Waals surface area contributed by atoms with Crippen LogP contribution in [0.2, 0.25) is 0 Å². The van der Waals surface area contributed by atoms with Gasteiger partial charge in [-0.15, -0.1) is 0 Å². The van der Waals surface area contributed by atoms with Gasteiger partial charge in [0, 0.05) is 5.56 Å². The molecule has 2 aromatic rings. The van der Waals surface area contributed by atoms with Gasteiger partial charge in [0.1, 0.15) is 17.7 Å². The van der Waals surface area contributed by atoms with Crippen molar-refractivity contribution in [3.8, 4) is 5.75 Å². The Hall–Kier alpha value is -2.38. The predicted octanol–water partition coefficient (Wildman–Crippen LogP) is 4.93. The van der Waals surface area contributed by atoms with E-state index in [-0.39, 0.29) is 23.8 Å². The Morgan fingerprint density at radius 3 is 2.43 bits per heavy atom. The zero-order chi connectivity index (χ0) is 25.0. The van der Waals surface area contributed by atoms with Crippen molar-refractivity contribution in [2.45, 2.75) is 77.6 Å². The fourth-order valence-electron chi connectivity index (χ4n) is 5.19. The summed E-state index contributed by atoms with van der Waals surface area (Å²) < 4.78 is 38.8. The second kappa shape index (κ2) is 8.93. The Balaban J connectivity index is 1.27. The van der Waals surface area contributed by atoms with Gasteiger partial charge >= 0.3 is 13.1 Å². The lowest BCUT2D eigenvalue weighted by Crippen LogP contribution is -2.41. The van der Waals surface area contributed by atoms with E-state index in [1.807, 2.05) is 58.9 Å². The lowest BCUT2D eigenvalue weighted by molar-refractivity contribution is -0.145. The average Bonchev–Trinajstić information content (AvgIpc) is 3.37. The van der Waals surface area contributed by atoms with Crippen molar-refractivity contribution in [3.05, 3.63) is 58.9 Å². The zero-order valence-electron chi connectivity index (χ0n) is 21.2. The van der Waals surface area contributed by atoms with E-state index in [0.717, 1.165) is 29.4 Å². The molecule has 0 amide bonds. The van der Waals surface area contributed by atoms with Gasteiger partial charge in [-0.3, -0.25) is 4.79 Å². The number of benzene rings is 2. The van der Waals surface area contributed by atoms with Crippen molar-refractivity contribution < 1.29 is 28.0 Å². The number of hydrogen-bond acceptors (Lipinski definition) is 5. The maximum atomic E-state index is 15.0. The Kier molecular flexibility index (Phi) is 6.21. The van der Waals surface area contributed by atoms with Crippen LogP contribution < -0.4 is 10.2 Å². The van der Waals surface area contributed by atoms with Crippen molar-refractivity contribution in [1.82, 2.24) is 0 Å². The van der Waals surface area contributed by atoms with E-state index in [1.165, 1.54) is 6.07 Å². The average molecular weight is 480 g/mol. The molecule has 0 radical (unpaired) electrons. The molecule has 0 unspecified atom stereocenters. The molecule has 2 fully saturated rings. The molecule has 5 nitrogen and oxygen atoms in total. The molecule has 1 aliphatic heterocycles. The summed E-state index contributed by atoms with van der Waals surface area (Å²) in [6.45, 7) is 10.3. The highest BCUT2D eigenvalue weighted by molar-refractivity contribution is 6.62. The molecule has 1 saturated carbocycles. The van der Waals surface area contributed by atoms with Gasteiger partial charge in [-0.2, -0.15) is 0 Å². The maximum absolute atomic E-state index is 15.0. The minimum absolute atomic E-state index is 0.0296. The number of esters is 1. The number of ether oxygens (including phenoxy) is 2. The van der Waals surface area contributed by atoms with Crippen molar-refractivity contribution in [1.29, 1.82) is 0 Å². The Morgan fingerprint density at radius 2 is 1.77 bits per heavy atom. The number of carbonyl (C=O) groups excluding carboxylic acids is 1. The molecule has 0 spiro atoms. The highest BCUT2D eigenvalue weighted by atomic mass is 19.1. The first-order valence-electron chi connectivity index (χ1n) is 12.7. The normalized spacial score (nSPS) is 25.9. The molecular weight excluding hydrogens is 446 g/mol. The Labute approximate surface area is 207 Å². The molecule has 3 aliphatic rings. The Morgan fingerprint density at radius 1 is 1.09 bits per heavy atom. The third-order valence-corrected chi connectivity index (χ3v) is 8.04. The summed E-state index contributed by atoms with van der Waals surface area (Å²) in [6.07, 6.45) is 2.80. The number of fused-ring (bicyclic) bond motifs is 1. The second-order valence-electron chi connectivity index (χ2n) is 11.0. The highest BCUT2D eigenvalue weighted by Gasteiger charge is 2.53. The summed E-state index contributed by atoms with van der Waals surface area (Å²) in [5.74, 6) is 0.759. The predicted molar refractivity (Wildman–Crippen MR) is 132 cm³/mol. The molecule has 0 bridgehead atoms. The van der Waals surface area contributed by atoms with E-state index in [4.69, 9.17) is 18.8 Å². The van der Waals surface area contributed by atoms with Crippen LogP contribution in [-0.2, 0) is 31.7 Å². The largest absolute Gasteiger partial charge is 0.495 e. The standard InChI is InChI=1S/C28H34BFO5/c1-6-32-26(31)21-16-18(21)15-17-7-9-19(10-8-17)33-24-14-11-20-22(12-13-23(30)25(20)24)29-34-27(2,3)28(4,5)35-29/h7-10,12-13,18,21,24H,6,11,14-16H2,1-5H3/t18-,21-,24-/m1/s1. The summed E-state index contributed by atoms with van der Waals surface area (Å²) in [4.78, 5) is 11.9. The summed E-state index contributed by atoms with van der Waals surface area (Å²) >= 11 is 0. The van der Waals surface area contributed by atoms with Gasteiger partial charge in [-0.05, 0) is 101 Å². The lowest BCUT2D eigenvalue weighted by Gasteiger charge is -2.32. The highest BCUT2D eigenvalue weighted by Crippen LogP contribution is 2.43. The fourth-order valence-corrected chi connectivity index (χ4v) is 5.19. The smallest absolute Gasteiger partial charge is 0.486 e. The van der Waals surface area contributed by atoms with Gasteiger partial charge in [0.15, 0.2) is 0 Å². The van der Waals surface area contributed by atoms with Crippen LogP contribution in [-0.4, -0.2) is 30.9 Å². The summed E-state index contributed by atoms with van der Waals surface area (Å²) in [6, 6.07) is 11.2. The van der Waals surface area contributed by atoms with Crippen molar-refractivity contribution in [3.63, 3.8) is 0 Å². The molecule has 186 valence electrons. The first-order chi connectivity index (χ1) is 16.6. The van der Waals surface area contributed by atoms with Crippen molar-refractivity contribution >= 4 is 18.6 Å². The quantitative estimate of drug-likeness (QED) is 0.416. The molecule has 2 aliphatic carbocycles. The van der Waals surface area contributed by atoms with Crippen LogP contribution in [0.1, 0.15) is 70.3 Å². The molecule has 35 heavy (non-hydrogen) atoms. The lowest BCUT2D eigenvalue weighted by atomic mass is 9.75. The minimum atomic E-state index is -0.520. The molecule has 1 heterocycles. The third kappa shape index (κ3) is 4.61. The van der Waals surface area contributed by atoms with Crippen LogP contribution in [0.15, 0.2) is 36.4 Å². The van der Waals surface area contributed by atoms with Crippen LogP contribution in [0.25, 0.3) is 0 Å². The van der Waals surface area contributed by atoms with Crippen LogP contribution in [0, 0.1) is 17.7 Å². The van der Waals surface area contributed by atoms with Crippen LogP contribution in [0.5, 0.6) is 5.75 Å². The SMILES string of the molecule is CCOC(=O)[C@@H]1C[C@H]1Cc1ccc(O[C@@H]2CCc3c(B4OC(C)(C)C(C)(C)O4)ccc(F)c32)cc1. The van der Waals surface area contributed by atoms with Gasteiger partial charge in [-0.1, -0.05) is 18.2 Å². The summed E-state index contributed by atoms with van der Waals surface area (Å²) in [5.41, 5.74) is 2.69. The first kappa shape index (κ1) is 24.3. The van der Waals surface area contributed by atoms with Crippen LogP contribution in [0.4, 0.5) is 4.39 Å². The number of hydrogen-bond donors (Lipinski definition) is 0. The number of rotatable bonds is 7. The van der Waals surface area contributed by atoms with E-state index >= 15 is 0 Å². The van der Waals surface area contributed by atoms with Gasteiger partial charge in [0.25, 0.3) is 0 Å². The molecule has 0 aromatic heterocycles. The van der Waals surface area contributed by atoms with Gasteiger partial charge in [0.2, 0.25) is 0 Å². The molecule has 0 N–H and O–H groups in total.